The molecule has 0 atom stereocenters. The van der Waals surface area contributed by atoms with Crippen molar-refractivity contribution in [2.45, 2.75) is 6.42 Å². The average molecular weight is 75.9 g/mol. The van der Waals surface area contributed by atoms with Crippen molar-refractivity contribution >= 4 is 7.85 Å². The van der Waals surface area contributed by atoms with Crippen molar-refractivity contribution in [3.63, 3.8) is 0 Å². The fourth-order valence-corrected chi connectivity index (χ4v) is 0.464. The van der Waals surface area contributed by atoms with Crippen molar-refractivity contribution < 1.29 is 0 Å². The topological polar surface area (TPSA) is 0 Å². The van der Waals surface area contributed by atoms with Gasteiger partial charge in [-0.3, -0.25) is 0 Å². The molecule has 0 bridgehead atoms. The van der Waals surface area contributed by atoms with E-state index in [2.05, 4.69) is 0 Å². The first kappa shape index (κ1) is 3.73. The predicted octanol–water partition coefficient (Wildman–Crippen LogP) is 0.999. The molecule has 0 fully saturated rings. The molecule has 0 saturated heterocycles. The van der Waals surface area contributed by atoms with E-state index in [1.54, 1.807) is 0 Å². The third kappa shape index (κ3) is 0.536. The van der Waals surface area contributed by atoms with E-state index in [0.29, 0.717) is 0 Å². The van der Waals surface area contributed by atoms with Gasteiger partial charge >= 0.3 is 0 Å². The Balaban J connectivity index is 2.61. The SMILES string of the molecule is [B]C1=CC=CC1. The fraction of sp³-hybridized carbons (Fsp3) is 0.200. The Kier molecular flexibility index (Phi) is 0.828. The standard InChI is InChI=1S/C5H5B/c6-5-3-1-2-4-5/h1-3H,4H2. The van der Waals surface area contributed by atoms with E-state index in [1.807, 2.05) is 18.2 Å². The Bertz CT molecular complexity index is 101. The van der Waals surface area contributed by atoms with Gasteiger partial charge in [0.2, 0.25) is 0 Å². The first-order valence-corrected chi connectivity index (χ1v) is 2.01. The monoisotopic (exact) mass is 76.0 g/mol. The minimum atomic E-state index is 0.944. The lowest BCUT2D eigenvalue weighted by atomic mass is 9.95. The summed E-state index contributed by atoms with van der Waals surface area (Å²) in [5, 5.41) is 0. The smallest absolute Gasteiger partial charge is 0.108 e. The van der Waals surface area contributed by atoms with Crippen LogP contribution in [0.4, 0.5) is 0 Å². The largest absolute Gasteiger partial charge is 0.114 e. The van der Waals surface area contributed by atoms with Crippen LogP contribution < -0.4 is 0 Å². The van der Waals surface area contributed by atoms with Crippen molar-refractivity contribution in [3.8, 4) is 0 Å². The Hall–Kier alpha value is -0.455. The molecule has 0 saturated carbocycles. The van der Waals surface area contributed by atoms with Gasteiger partial charge in [0.25, 0.3) is 0 Å². The molecule has 1 aliphatic carbocycles. The van der Waals surface area contributed by atoms with E-state index in [1.165, 1.54) is 0 Å². The Morgan fingerprint density at radius 3 is 2.67 bits per heavy atom. The van der Waals surface area contributed by atoms with Crippen LogP contribution in [0.3, 0.4) is 0 Å². The Morgan fingerprint density at radius 2 is 2.50 bits per heavy atom. The zero-order valence-corrected chi connectivity index (χ0v) is 3.52. The molecule has 0 unspecified atom stereocenters. The highest BCUT2D eigenvalue weighted by atomic mass is 13.9. The lowest BCUT2D eigenvalue weighted by Gasteiger charge is -1.79. The molecule has 0 aromatic heterocycles. The molecule has 0 N–H and O–H groups in total. The lowest BCUT2D eigenvalue weighted by Crippen LogP contribution is -1.68. The minimum Gasteiger partial charge on any atom is -0.114 e. The highest BCUT2D eigenvalue weighted by Crippen LogP contribution is 2.03. The molecule has 0 heterocycles. The van der Waals surface area contributed by atoms with Gasteiger partial charge in [0.1, 0.15) is 7.85 Å². The van der Waals surface area contributed by atoms with Gasteiger partial charge in [-0.25, -0.2) is 0 Å². The van der Waals surface area contributed by atoms with E-state index >= 15 is 0 Å². The summed E-state index contributed by atoms with van der Waals surface area (Å²) in [7, 11) is 5.33. The summed E-state index contributed by atoms with van der Waals surface area (Å²) < 4.78 is 0. The number of hydrogen-bond donors (Lipinski definition) is 0. The number of rotatable bonds is 0. The summed E-state index contributed by atoms with van der Waals surface area (Å²) >= 11 is 0. The molecule has 0 amide bonds. The Labute approximate surface area is 39.0 Å². The van der Waals surface area contributed by atoms with Gasteiger partial charge in [0.15, 0.2) is 0 Å². The molecule has 0 nitrogen and oxygen atoms in total. The van der Waals surface area contributed by atoms with Gasteiger partial charge in [-0.05, 0) is 6.42 Å². The first-order valence-electron chi connectivity index (χ1n) is 2.01. The van der Waals surface area contributed by atoms with Crippen LogP contribution >= 0.6 is 0 Å². The van der Waals surface area contributed by atoms with E-state index < -0.39 is 0 Å². The second-order valence-corrected chi connectivity index (χ2v) is 1.37. The number of hydrogen-bond acceptors (Lipinski definition) is 0. The maximum Gasteiger partial charge on any atom is 0.108 e. The van der Waals surface area contributed by atoms with Crippen LogP contribution in [-0.4, -0.2) is 7.85 Å². The third-order valence-electron chi connectivity index (χ3n) is 0.800. The van der Waals surface area contributed by atoms with Crippen LogP contribution in [0, 0.1) is 0 Å². The first-order chi connectivity index (χ1) is 2.89. The van der Waals surface area contributed by atoms with E-state index in [4.69, 9.17) is 7.85 Å². The third-order valence-corrected chi connectivity index (χ3v) is 0.800. The van der Waals surface area contributed by atoms with E-state index in [9.17, 15) is 0 Å². The van der Waals surface area contributed by atoms with Gasteiger partial charge in [-0.2, -0.15) is 0 Å². The number of allylic oxidation sites excluding steroid dienone is 4. The maximum atomic E-state index is 5.33. The molecule has 0 aromatic carbocycles. The molecule has 0 spiro atoms. The van der Waals surface area contributed by atoms with Gasteiger partial charge in [-0.15, -0.1) is 5.47 Å². The fourth-order valence-electron chi connectivity index (χ4n) is 0.464. The van der Waals surface area contributed by atoms with Gasteiger partial charge in [0.05, 0.1) is 0 Å². The van der Waals surface area contributed by atoms with Crippen LogP contribution in [0.25, 0.3) is 0 Å². The van der Waals surface area contributed by atoms with E-state index in [0.717, 1.165) is 11.9 Å². The molecular weight excluding hydrogens is 70.9 g/mol. The molecule has 1 aliphatic rings. The molecule has 0 aliphatic heterocycles. The van der Waals surface area contributed by atoms with Crippen LogP contribution in [0.5, 0.6) is 0 Å². The Morgan fingerprint density at radius 1 is 1.67 bits per heavy atom. The highest BCUT2D eigenvalue weighted by Gasteiger charge is 1.85. The average Bonchev–Trinajstić information content (AvgIpc) is 1.86. The second kappa shape index (κ2) is 1.33. The van der Waals surface area contributed by atoms with Crippen LogP contribution in [-0.2, 0) is 0 Å². The van der Waals surface area contributed by atoms with Gasteiger partial charge in [-0.1, -0.05) is 18.2 Å². The van der Waals surface area contributed by atoms with Crippen molar-refractivity contribution in [1.82, 2.24) is 0 Å². The molecule has 0 aromatic rings. The molecular formula is C5H5B. The maximum absolute atomic E-state index is 5.33. The minimum absolute atomic E-state index is 0.944. The van der Waals surface area contributed by atoms with Crippen LogP contribution in [0.15, 0.2) is 23.7 Å². The van der Waals surface area contributed by atoms with Crippen molar-refractivity contribution in [3.05, 3.63) is 23.7 Å². The van der Waals surface area contributed by atoms with Crippen molar-refractivity contribution in [2.75, 3.05) is 0 Å². The summed E-state index contributed by atoms with van der Waals surface area (Å²) in [6.45, 7) is 0. The summed E-state index contributed by atoms with van der Waals surface area (Å²) in [5.41, 5.74) is 0.968. The van der Waals surface area contributed by atoms with Gasteiger partial charge in [0, 0.05) is 0 Å². The van der Waals surface area contributed by atoms with Gasteiger partial charge < -0.3 is 0 Å². The van der Waals surface area contributed by atoms with E-state index in [-0.39, 0.29) is 0 Å². The second-order valence-electron chi connectivity index (χ2n) is 1.37. The zero-order valence-electron chi connectivity index (χ0n) is 3.52. The summed E-state index contributed by atoms with van der Waals surface area (Å²) in [5.74, 6) is 0. The summed E-state index contributed by atoms with van der Waals surface area (Å²) in [4.78, 5) is 0. The molecule has 2 radical (unpaired) electrons. The quantitative estimate of drug-likeness (QED) is 0.377. The van der Waals surface area contributed by atoms with Crippen molar-refractivity contribution in [2.24, 2.45) is 0 Å². The predicted molar refractivity (Wildman–Crippen MR) is 27.6 cm³/mol. The lowest BCUT2D eigenvalue weighted by molar-refractivity contribution is 1.41. The highest BCUT2D eigenvalue weighted by molar-refractivity contribution is 6.22. The zero-order chi connectivity index (χ0) is 4.41. The molecule has 1 heteroatoms. The van der Waals surface area contributed by atoms with Crippen LogP contribution in [0.1, 0.15) is 6.42 Å². The molecule has 28 valence electrons. The summed E-state index contributed by atoms with van der Waals surface area (Å²) in [6, 6.07) is 0. The van der Waals surface area contributed by atoms with Crippen molar-refractivity contribution in [1.29, 1.82) is 0 Å². The molecule has 1 rings (SSSR count). The van der Waals surface area contributed by atoms with Crippen LogP contribution in [0.2, 0.25) is 0 Å². The molecule has 6 heavy (non-hydrogen) atoms. The normalized spacial score (nSPS) is 18.3. The summed E-state index contributed by atoms with van der Waals surface area (Å²) in [6.07, 6.45) is 6.87.